The number of allylic oxidation sites excluding steroid dienone is 2. The summed E-state index contributed by atoms with van der Waals surface area (Å²) in [6.45, 7) is 0. The van der Waals surface area contributed by atoms with Crippen LogP contribution >= 0.6 is 33.7 Å². The molecule has 0 radical (unpaired) electrons. The number of fused-ring (bicyclic) bond motifs is 5. The van der Waals surface area contributed by atoms with Gasteiger partial charge in [0.1, 0.15) is 0 Å². The molecule has 1 aliphatic heterocycles. The summed E-state index contributed by atoms with van der Waals surface area (Å²) in [6.07, 6.45) is 6.10. The summed E-state index contributed by atoms with van der Waals surface area (Å²) in [7, 11) is 3.54. The molecule has 0 saturated heterocycles. The third-order valence-corrected chi connectivity index (χ3v) is 7.34. The van der Waals surface area contributed by atoms with Crippen LogP contribution in [0.4, 0.5) is 0 Å². The van der Waals surface area contributed by atoms with E-state index in [2.05, 4.69) is 19.7 Å². The molecular weight excluding hydrogens is 240 g/mol. The van der Waals surface area contributed by atoms with Gasteiger partial charge >= 0.3 is 0 Å². The fourth-order valence-corrected chi connectivity index (χ4v) is 6.92. The molecule has 13 heavy (non-hydrogen) atoms. The number of hydrogen-bond acceptors (Lipinski definition) is 5. The average Bonchev–Trinajstić information content (AvgIpc) is 2.62. The molecule has 4 unspecified atom stereocenters. The second kappa shape index (κ2) is 3.64. The SMILES string of the molecule is C1=CC2CC1C1SN=S=NSSC21. The van der Waals surface area contributed by atoms with Crippen molar-refractivity contribution in [3.63, 3.8) is 0 Å². The van der Waals surface area contributed by atoms with Gasteiger partial charge in [-0.2, -0.15) is 0 Å². The van der Waals surface area contributed by atoms with Gasteiger partial charge in [-0.15, -0.1) is 7.54 Å². The minimum Gasteiger partial charge on any atom is -0.140 e. The quantitative estimate of drug-likeness (QED) is 0.373. The van der Waals surface area contributed by atoms with Gasteiger partial charge in [-0.05, 0) is 30.2 Å². The molecule has 2 bridgehead atoms. The third-order valence-electron chi connectivity index (χ3n) is 2.73. The van der Waals surface area contributed by atoms with Crippen LogP contribution in [-0.4, -0.2) is 10.5 Å². The Balaban J connectivity index is 1.89. The van der Waals surface area contributed by atoms with Gasteiger partial charge in [-0.3, -0.25) is 0 Å². The maximum Gasteiger partial charge on any atom is 0.0838 e. The second-order valence-corrected chi connectivity index (χ2v) is 7.41. The lowest BCUT2D eigenvalue weighted by atomic mass is 10.1. The van der Waals surface area contributed by atoms with Crippen LogP contribution in [0.25, 0.3) is 0 Å². The summed E-state index contributed by atoms with van der Waals surface area (Å²) in [6, 6.07) is 0. The van der Waals surface area contributed by atoms with E-state index < -0.39 is 0 Å². The van der Waals surface area contributed by atoms with E-state index in [1.165, 1.54) is 17.8 Å². The molecule has 1 fully saturated rings. The van der Waals surface area contributed by atoms with E-state index in [0.717, 1.165) is 17.1 Å². The highest BCUT2D eigenvalue weighted by atomic mass is 33.1. The first-order valence-corrected chi connectivity index (χ1v) is 7.92. The Hall–Kier alpha value is 0.610. The van der Waals surface area contributed by atoms with Gasteiger partial charge < -0.3 is 0 Å². The molecule has 3 rings (SSSR count). The van der Waals surface area contributed by atoms with Crippen LogP contribution in [0, 0.1) is 11.8 Å². The van der Waals surface area contributed by atoms with Crippen molar-refractivity contribution in [2.75, 3.05) is 0 Å². The highest BCUT2D eigenvalue weighted by Crippen LogP contribution is 2.53. The van der Waals surface area contributed by atoms with Crippen molar-refractivity contribution in [3.8, 4) is 0 Å². The Morgan fingerprint density at radius 1 is 1.08 bits per heavy atom. The minimum absolute atomic E-state index is 0.704. The Morgan fingerprint density at radius 2 is 1.92 bits per heavy atom. The monoisotopic (exact) mass is 248 g/mol. The molecular formula is C7H8N2S4. The molecule has 1 saturated carbocycles. The fourth-order valence-electron chi connectivity index (χ4n) is 2.16. The Labute approximate surface area is 93.3 Å². The van der Waals surface area contributed by atoms with Crippen LogP contribution in [0.3, 0.4) is 0 Å². The van der Waals surface area contributed by atoms with Crippen LogP contribution in [-0.2, 0) is 11.4 Å². The zero-order valence-electron chi connectivity index (χ0n) is 6.70. The smallest absolute Gasteiger partial charge is 0.0838 e. The zero-order valence-corrected chi connectivity index (χ0v) is 9.96. The van der Waals surface area contributed by atoms with Crippen LogP contribution in [0.2, 0.25) is 0 Å². The van der Waals surface area contributed by atoms with Crippen LogP contribution in [0.1, 0.15) is 6.42 Å². The Morgan fingerprint density at radius 3 is 2.85 bits per heavy atom. The van der Waals surface area contributed by atoms with E-state index >= 15 is 0 Å². The molecule has 0 N–H and O–H groups in total. The summed E-state index contributed by atoms with van der Waals surface area (Å²) >= 11 is 3.08. The van der Waals surface area contributed by atoms with Crippen molar-refractivity contribution < 1.29 is 0 Å². The van der Waals surface area contributed by atoms with E-state index in [0.29, 0.717) is 5.25 Å². The Kier molecular flexibility index (Phi) is 2.49. The maximum absolute atomic E-state index is 4.29. The van der Waals surface area contributed by atoms with E-state index in [-0.39, 0.29) is 0 Å². The lowest BCUT2D eigenvalue weighted by Crippen LogP contribution is -2.23. The summed E-state index contributed by atoms with van der Waals surface area (Å²) in [4.78, 5) is 0. The lowest BCUT2D eigenvalue weighted by Gasteiger charge is -2.23. The molecule has 4 atom stereocenters. The summed E-state index contributed by atoms with van der Waals surface area (Å²) in [5, 5.41) is 1.44. The largest absolute Gasteiger partial charge is 0.140 e. The van der Waals surface area contributed by atoms with E-state index in [1.807, 2.05) is 10.8 Å². The first-order valence-electron chi connectivity index (χ1n) is 4.18. The molecule has 0 spiro atoms. The molecule has 1 heterocycles. The molecule has 0 aromatic carbocycles. The average molecular weight is 248 g/mol. The summed E-state index contributed by atoms with van der Waals surface area (Å²) < 4.78 is 8.45. The highest BCUT2D eigenvalue weighted by Gasteiger charge is 2.45. The van der Waals surface area contributed by atoms with E-state index in [4.69, 9.17) is 0 Å². The third kappa shape index (κ3) is 1.52. The van der Waals surface area contributed by atoms with Crippen LogP contribution < -0.4 is 0 Å². The van der Waals surface area contributed by atoms with Gasteiger partial charge in [0.25, 0.3) is 0 Å². The maximum atomic E-state index is 4.29. The van der Waals surface area contributed by atoms with Gasteiger partial charge in [0.2, 0.25) is 0 Å². The first kappa shape index (κ1) is 8.88. The first-order chi connectivity index (χ1) is 6.45. The molecule has 6 heteroatoms. The molecule has 3 aliphatic rings. The van der Waals surface area contributed by atoms with E-state index in [9.17, 15) is 0 Å². The van der Waals surface area contributed by atoms with Gasteiger partial charge in [-0.1, -0.05) is 22.9 Å². The normalized spacial score (nSPS) is 46.8. The lowest BCUT2D eigenvalue weighted by molar-refractivity contribution is 0.696. The van der Waals surface area contributed by atoms with Gasteiger partial charge in [0, 0.05) is 10.5 Å². The second-order valence-electron chi connectivity index (χ2n) is 3.38. The van der Waals surface area contributed by atoms with Gasteiger partial charge in [-0.25, -0.2) is 0 Å². The molecule has 0 aromatic heterocycles. The van der Waals surface area contributed by atoms with Crippen molar-refractivity contribution in [2.45, 2.75) is 16.9 Å². The zero-order chi connectivity index (χ0) is 8.67. The topological polar surface area (TPSA) is 24.7 Å². The predicted molar refractivity (Wildman–Crippen MR) is 63.3 cm³/mol. The number of hydrogen-bond donors (Lipinski definition) is 0. The standard InChI is InChI=1S/C7H8N2S4/c1-2-5-3-4(1)6-7(5)11-13-9-12-8-10-6/h1-2,4-7H,3H2. The van der Waals surface area contributed by atoms with Crippen molar-refractivity contribution in [1.29, 1.82) is 0 Å². The van der Waals surface area contributed by atoms with Crippen molar-refractivity contribution in [2.24, 2.45) is 19.4 Å². The fraction of sp³-hybridized carbons (Fsp3) is 0.714. The number of rotatable bonds is 0. The van der Waals surface area contributed by atoms with E-state index in [1.54, 1.807) is 22.9 Å². The summed E-state index contributed by atoms with van der Waals surface area (Å²) in [5.41, 5.74) is 0. The predicted octanol–water partition coefficient (Wildman–Crippen LogP) is 3.34. The van der Waals surface area contributed by atoms with Crippen molar-refractivity contribution in [1.82, 2.24) is 0 Å². The van der Waals surface area contributed by atoms with Crippen LogP contribution in [0.15, 0.2) is 19.7 Å². The molecule has 70 valence electrons. The molecule has 2 nitrogen and oxygen atoms in total. The number of nitrogens with zero attached hydrogens (tertiary/aromatic N) is 2. The molecule has 2 aliphatic carbocycles. The van der Waals surface area contributed by atoms with Crippen molar-refractivity contribution in [3.05, 3.63) is 12.2 Å². The van der Waals surface area contributed by atoms with Gasteiger partial charge in [0.05, 0.1) is 22.3 Å². The Bertz CT molecular complexity index is 310. The van der Waals surface area contributed by atoms with Crippen LogP contribution in [0.5, 0.6) is 0 Å². The highest BCUT2D eigenvalue weighted by molar-refractivity contribution is 8.76. The molecule has 0 amide bonds. The molecule has 0 aromatic rings. The minimum atomic E-state index is 0.704. The van der Waals surface area contributed by atoms with Crippen molar-refractivity contribution >= 4 is 45.1 Å². The summed E-state index contributed by atoms with van der Waals surface area (Å²) in [5.74, 6) is 1.56. The van der Waals surface area contributed by atoms with Gasteiger partial charge in [0.15, 0.2) is 0 Å².